The zero-order valence-corrected chi connectivity index (χ0v) is 13.0. The van der Waals surface area contributed by atoms with Crippen LogP contribution in [0.2, 0.25) is 8.67 Å². The zero-order valence-electron chi connectivity index (χ0n) is 10.7. The highest BCUT2D eigenvalue weighted by Crippen LogP contribution is 2.32. The van der Waals surface area contributed by atoms with Crippen molar-refractivity contribution in [3.63, 3.8) is 0 Å². The summed E-state index contributed by atoms with van der Waals surface area (Å²) >= 11 is 12.9. The molecule has 3 nitrogen and oxygen atoms in total. The zero-order chi connectivity index (χ0) is 14.8. The average molecular weight is 330 g/mol. The van der Waals surface area contributed by atoms with E-state index in [1.807, 2.05) is 30.3 Å². The lowest BCUT2D eigenvalue weighted by atomic mass is 9.92. The molecule has 0 bridgehead atoms. The first-order valence-corrected chi connectivity index (χ1v) is 7.47. The summed E-state index contributed by atoms with van der Waals surface area (Å²) in [5, 5.41) is 12.4. The van der Waals surface area contributed by atoms with Crippen LogP contribution in [0, 0.1) is 0 Å². The molecule has 0 saturated carbocycles. The molecule has 1 aromatic carbocycles. The molecule has 0 aliphatic rings. The number of aliphatic hydroxyl groups excluding tert-OH is 1. The number of hydrogen-bond acceptors (Lipinski definition) is 3. The third kappa shape index (κ3) is 3.15. The SMILES string of the molecule is CC(CO)(NC(=O)c1cc(Cl)sc1Cl)c1ccccc1. The molecule has 1 atom stereocenters. The van der Waals surface area contributed by atoms with Crippen molar-refractivity contribution in [3.05, 3.63) is 56.2 Å². The molecule has 2 aromatic rings. The minimum atomic E-state index is -0.879. The van der Waals surface area contributed by atoms with Gasteiger partial charge in [-0.1, -0.05) is 53.5 Å². The number of amides is 1. The third-order valence-electron chi connectivity index (χ3n) is 3.02. The maximum absolute atomic E-state index is 12.3. The number of carbonyl (C=O) groups excluding carboxylic acids is 1. The van der Waals surface area contributed by atoms with Crippen LogP contribution in [0.4, 0.5) is 0 Å². The molecular weight excluding hydrogens is 317 g/mol. The number of nitrogens with one attached hydrogen (secondary N) is 1. The number of rotatable bonds is 4. The van der Waals surface area contributed by atoms with E-state index < -0.39 is 5.54 Å². The second-order valence-electron chi connectivity index (χ2n) is 4.55. The van der Waals surface area contributed by atoms with Gasteiger partial charge in [0.15, 0.2) is 0 Å². The normalized spacial score (nSPS) is 13.8. The Hall–Kier alpha value is -1.07. The second kappa shape index (κ2) is 6.14. The first-order valence-electron chi connectivity index (χ1n) is 5.90. The van der Waals surface area contributed by atoms with Crippen molar-refractivity contribution in [3.8, 4) is 0 Å². The van der Waals surface area contributed by atoms with Gasteiger partial charge >= 0.3 is 0 Å². The Morgan fingerprint density at radius 1 is 1.35 bits per heavy atom. The predicted molar refractivity (Wildman–Crippen MR) is 82.7 cm³/mol. The Morgan fingerprint density at radius 3 is 2.50 bits per heavy atom. The molecule has 1 aromatic heterocycles. The van der Waals surface area contributed by atoms with Crippen molar-refractivity contribution >= 4 is 40.4 Å². The lowest BCUT2D eigenvalue weighted by molar-refractivity contribution is 0.0850. The Morgan fingerprint density at radius 2 is 2.00 bits per heavy atom. The van der Waals surface area contributed by atoms with Crippen LogP contribution in [0.1, 0.15) is 22.8 Å². The number of aliphatic hydroxyl groups is 1. The quantitative estimate of drug-likeness (QED) is 0.898. The molecule has 0 fully saturated rings. The second-order valence-corrected chi connectivity index (χ2v) is 6.83. The number of benzene rings is 1. The predicted octanol–water partition coefficient (Wildman–Crippen LogP) is 3.69. The van der Waals surface area contributed by atoms with Crippen LogP contribution in [-0.4, -0.2) is 17.6 Å². The van der Waals surface area contributed by atoms with Crippen molar-refractivity contribution in [1.29, 1.82) is 0 Å². The van der Waals surface area contributed by atoms with Crippen LogP contribution in [0.15, 0.2) is 36.4 Å². The van der Waals surface area contributed by atoms with Crippen molar-refractivity contribution < 1.29 is 9.90 Å². The highest BCUT2D eigenvalue weighted by Gasteiger charge is 2.29. The minimum absolute atomic E-state index is 0.224. The number of halogens is 2. The van der Waals surface area contributed by atoms with Crippen molar-refractivity contribution in [1.82, 2.24) is 5.32 Å². The number of thiophene rings is 1. The Balaban J connectivity index is 2.26. The first kappa shape index (κ1) is 15.3. The van der Waals surface area contributed by atoms with Gasteiger partial charge in [0, 0.05) is 0 Å². The molecule has 0 aliphatic carbocycles. The molecule has 1 amide bonds. The summed E-state index contributed by atoms with van der Waals surface area (Å²) in [5.74, 6) is -0.362. The molecule has 6 heteroatoms. The molecule has 106 valence electrons. The Labute approximate surface area is 131 Å². The summed E-state index contributed by atoms with van der Waals surface area (Å²) in [6, 6.07) is 10.8. The highest BCUT2D eigenvalue weighted by atomic mass is 35.5. The molecule has 20 heavy (non-hydrogen) atoms. The van der Waals surface area contributed by atoms with Crippen LogP contribution in [0.3, 0.4) is 0 Å². The topological polar surface area (TPSA) is 49.3 Å². The van der Waals surface area contributed by atoms with Gasteiger partial charge in [0.25, 0.3) is 5.91 Å². The van der Waals surface area contributed by atoms with Gasteiger partial charge in [0.05, 0.1) is 22.0 Å². The maximum Gasteiger partial charge on any atom is 0.254 e. The lowest BCUT2D eigenvalue weighted by Crippen LogP contribution is -2.46. The van der Waals surface area contributed by atoms with Crippen LogP contribution >= 0.6 is 34.5 Å². The van der Waals surface area contributed by atoms with E-state index in [1.54, 1.807) is 6.92 Å². The summed E-state index contributed by atoms with van der Waals surface area (Å²) in [7, 11) is 0. The molecule has 1 heterocycles. The van der Waals surface area contributed by atoms with Gasteiger partial charge in [-0.3, -0.25) is 4.79 Å². The highest BCUT2D eigenvalue weighted by molar-refractivity contribution is 7.20. The van der Waals surface area contributed by atoms with Gasteiger partial charge in [-0.15, -0.1) is 11.3 Å². The van der Waals surface area contributed by atoms with E-state index in [0.717, 1.165) is 16.9 Å². The standard InChI is InChI=1S/C14H13Cl2NO2S/c1-14(8-18,9-5-3-2-4-6-9)17-13(19)10-7-11(15)20-12(10)16/h2-7,18H,8H2,1H3,(H,17,19). The van der Waals surface area contributed by atoms with Gasteiger partial charge in [0.2, 0.25) is 0 Å². The van der Waals surface area contributed by atoms with Gasteiger partial charge < -0.3 is 10.4 Å². The molecule has 0 saturated heterocycles. The average Bonchev–Trinajstić information content (AvgIpc) is 2.78. The molecule has 0 aliphatic heterocycles. The molecule has 0 radical (unpaired) electrons. The van der Waals surface area contributed by atoms with Gasteiger partial charge in [-0.05, 0) is 18.6 Å². The van der Waals surface area contributed by atoms with E-state index >= 15 is 0 Å². The van der Waals surface area contributed by atoms with Gasteiger partial charge in [-0.25, -0.2) is 0 Å². The summed E-state index contributed by atoms with van der Waals surface area (Å²) in [4.78, 5) is 12.3. The van der Waals surface area contributed by atoms with E-state index in [-0.39, 0.29) is 12.5 Å². The molecule has 1 unspecified atom stereocenters. The van der Waals surface area contributed by atoms with Crippen molar-refractivity contribution in [2.24, 2.45) is 0 Å². The summed E-state index contributed by atoms with van der Waals surface area (Å²) in [6.45, 7) is 1.53. The monoisotopic (exact) mass is 329 g/mol. The summed E-state index contributed by atoms with van der Waals surface area (Å²) in [5.41, 5.74) is 0.251. The van der Waals surface area contributed by atoms with Crippen molar-refractivity contribution in [2.75, 3.05) is 6.61 Å². The van der Waals surface area contributed by atoms with E-state index in [9.17, 15) is 9.90 Å². The van der Waals surface area contributed by atoms with Crippen LogP contribution in [0.5, 0.6) is 0 Å². The molecule has 2 N–H and O–H groups in total. The van der Waals surface area contributed by atoms with E-state index in [0.29, 0.717) is 14.2 Å². The summed E-state index contributed by atoms with van der Waals surface area (Å²) in [6.07, 6.45) is 0. The number of hydrogen-bond donors (Lipinski definition) is 2. The smallest absolute Gasteiger partial charge is 0.254 e. The fourth-order valence-electron chi connectivity index (χ4n) is 1.82. The minimum Gasteiger partial charge on any atom is -0.394 e. The van der Waals surface area contributed by atoms with Crippen LogP contribution in [0.25, 0.3) is 0 Å². The van der Waals surface area contributed by atoms with Crippen molar-refractivity contribution in [2.45, 2.75) is 12.5 Å². The molecule has 0 spiro atoms. The maximum atomic E-state index is 12.3. The van der Waals surface area contributed by atoms with Crippen LogP contribution in [-0.2, 0) is 5.54 Å². The van der Waals surface area contributed by atoms with E-state index in [4.69, 9.17) is 23.2 Å². The Kier molecular flexibility index (Phi) is 4.70. The van der Waals surface area contributed by atoms with Crippen LogP contribution < -0.4 is 5.32 Å². The van der Waals surface area contributed by atoms with E-state index in [2.05, 4.69) is 5.32 Å². The van der Waals surface area contributed by atoms with Gasteiger partial charge in [-0.2, -0.15) is 0 Å². The Bertz CT molecular complexity index is 615. The summed E-state index contributed by atoms with van der Waals surface area (Å²) < 4.78 is 0.784. The fraction of sp³-hybridized carbons (Fsp3) is 0.214. The number of carbonyl (C=O) groups is 1. The van der Waals surface area contributed by atoms with Gasteiger partial charge in [0.1, 0.15) is 4.34 Å². The molecule has 2 rings (SSSR count). The molecular formula is C14H13Cl2NO2S. The lowest BCUT2D eigenvalue weighted by Gasteiger charge is -2.29. The largest absolute Gasteiger partial charge is 0.394 e. The van der Waals surface area contributed by atoms with E-state index in [1.165, 1.54) is 6.07 Å². The first-order chi connectivity index (χ1) is 9.46. The fourth-order valence-corrected chi connectivity index (χ4v) is 3.28. The third-order valence-corrected chi connectivity index (χ3v) is 4.51.